The molecule has 0 aliphatic heterocycles. The molecule has 2 amide bonds. The fourth-order valence-electron chi connectivity index (χ4n) is 2.63. The summed E-state index contributed by atoms with van der Waals surface area (Å²) in [6.45, 7) is 4.45. The predicted octanol–water partition coefficient (Wildman–Crippen LogP) is 1.43. The maximum atomic E-state index is 12.3. The van der Waals surface area contributed by atoms with E-state index in [1.165, 1.54) is 0 Å². The fourth-order valence-corrected chi connectivity index (χ4v) is 2.63. The Morgan fingerprint density at radius 3 is 2.35 bits per heavy atom. The second-order valence-corrected chi connectivity index (χ2v) is 5.84. The van der Waals surface area contributed by atoms with E-state index in [2.05, 4.69) is 5.32 Å². The first-order valence-electron chi connectivity index (χ1n) is 7.36. The van der Waals surface area contributed by atoms with E-state index in [9.17, 15) is 9.59 Å². The van der Waals surface area contributed by atoms with Gasteiger partial charge in [-0.2, -0.15) is 0 Å². The average Bonchev–Trinajstić information content (AvgIpc) is 2.88. The Balaban J connectivity index is 2.68. The van der Waals surface area contributed by atoms with Crippen molar-refractivity contribution in [3.8, 4) is 0 Å². The quantitative estimate of drug-likeness (QED) is 0.660. The second kappa shape index (κ2) is 8.09. The molecule has 3 N–H and O–H groups in total. The largest absolute Gasteiger partial charge is 0.480 e. The van der Waals surface area contributed by atoms with Crippen LogP contribution in [0, 0.1) is 5.92 Å². The molecule has 6 heteroatoms. The van der Waals surface area contributed by atoms with E-state index >= 15 is 0 Å². The summed E-state index contributed by atoms with van der Waals surface area (Å²) in [5, 5.41) is 20.4. The van der Waals surface area contributed by atoms with Crippen molar-refractivity contribution < 1.29 is 19.8 Å². The molecule has 0 saturated heterocycles. The smallest absolute Gasteiger partial charge is 0.326 e. The number of carboxylic acids is 1. The minimum Gasteiger partial charge on any atom is -0.480 e. The Bertz CT molecular complexity index is 327. The highest BCUT2D eigenvalue weighted by atomic mass is 16.4. The molecule has 0 aromatic carbocycles. The summed E-state index contributed by atoms with van der Waals surface area (Å²) < 4.78 is 0. The molecule has 1 atom stereocenters. The average molecular weight is 286 g/mol. The van der Waals surface area contributed by atoms with Gasteiger partial charge in [-0.25, -0.2) is 9.59 Å². The van der Waals surface area contributed by atoms with Crippen LogP contribution in [0.15, 0.2) is 0 Å². The number of carbonyl (C=O) groups excluding carboxylic acids is 1. The number of aliphatic hydroxyl groups is 1. The number of aliphatic hydroxyl groups excluding tert-OH is 1. The van der Waals surface area contributed by atoms with Gasteiger partial charge in [0.05, 0.1) is 0 Å². The van der Waals surface area contributed by atoms with Crippen LogP contribution in [0.25, 0.3) is 0 Å². The number of aliphatic carboxylic acids is 1. The van der Waals surface area contributed by atoms with Crippen molar-refractivity contribution in [3.05, 3.63) is 0 Å². The van der Waals surface area contributed by atoms with Gasteiger partial charge in [0.25, 0.3) is 0 Å². The van der Waals surface area contributed by atoms with Crippen LogP contribution < -0.4 is 5.32 Å². The summed E-state index contributed by atoms with van der Waals surface area (Å²) in [5.41, 5.74) is 0. The second-order valence-electron chi connectivity index (χ2n) is 5.84. The van der Waals surface area contributed by atoms with Crippen molar-refractivity contribution in [2.24, 2.45) is 5.92 Å². The van der Waals surface area contributed by atoms with Gasteiger partial charge in [0.1, 0.15) is 6.04 Å². The molecule has 1 saturated carbocycles. The Morgan fingerprint density at radius 1 is 1.30 bits per heavy atom. The lowest BCUT2D eigenvalue weighted by Gasteiger charge is -2.31. The topological polar surface area (TPSA) is 89.9 Å². The minimum atomic E-state index is -1.11. The van der Waals surface area contributed by atoms with Crippen LogP contribution in [0.2, 0.25) is 0 Å². The van der Waals surface area contributed by atoms with Crippen LogP contribution in [0.1, 0.15) is 46.0 Å². The van der Waals surface area contributed by atoms with Crippen LogP contribution >= 0.6 is 0 Å². The van der Waals surface area contributed by atoms with Crippen molar-refractivity contribution in [2.75, 3.05) is 13.2 Å². The molecule has 0 radical (unpaired) electrons. The van der Waals surface area contributed by atoms with E-state index in [0.717, 1.165) is 25.7 Å². The van der Waals surface area contributed by atoms with Gasteiger partial charge >= 0.3 is 12.0 Å². The summed E-state index contributed by atoms with van der Waals surface area (Å²) in [7, 11) is 0. The summed E-state index contributed by atoms with van der Waals surface area (Å²) in [4.78, 5) is 25.1. The highest BCUT2D eigenvalue weighted by Crippen LogP contribution is 2.24. The van der Waals surface area contributed by atoms with Gasteiger partial charge in [-0.15, -0.1) is 0 Å². The Kier molecular flexibility index (Phi) is 6.78. The summed E-state index contributed by atoms with van der Waals surface area (Å²) in [6, 6.07) is -1.14. The van der Waals surface area contributed by atoms with Crippen molar-refractivity contribution >= 4 is 12.0 Å². The standard InChI is InChI=1S/C14H26N2O4/c1-10(2)9-16(11-5-3-4-6-11)14(20)15-12(7-8-17)13(18)19/h10-12,17H,3-9H2,1-2H3,(H,15,20)(H,18,19). The van der Waals surface area contributed by atoms with E-state index in [-0.39, 0.29) is 25.1 Å². The molecule has 1 rings (SSSR count). The maximum absolute atomic E-state index is 12.3. The predicted molar refractivity (Wildman–Crippen MR) is 75.5 cm³/mol. The van der Waals surface area contributed by atoms with Gasteiger partial charge in [0.15, 0.2) is 0 Å². The number of nitrogens with zero attached hydrogens (tertiary/aromatic N) is 1. The zero-order valence-corrected chi connectivity index (χ0v) is 12.3. The Labute approximate surface area is 120 Å². The number of nitrogens with one attached hydrogen (secondary N) is 1. The van der Waals surface area contributed by atoms with Crippen LogP contribution in [0.4, 0.5) is 4.79 Å². The zero-order valence-electron chi connectivity index (χ0n) is 12.3. The number of urea groups is 1. The van der Waals surface area contributed by atoms with Crippen molar-refractivity contribution in [2.45, 2.75) is 58.0 Å². The van der Waals surface area contributed by atoms with E-state index in [1.807, 2.05) is 13.8 Å². The SMILES string of the molecule is CC(C)CN(C(=O)NC(CCO)C(=O)O)C1CCCC1. The molecule has 6 nitrogen and oxygen atoms in total. The number of hydrogen-bond acceptors (Lipinski definition) is 3. The molecule has 0 bridgehead atoms. The highest BCUT2D eigenvalue weighted by Gasteiger charge is 2.29. The van der Waals surface area contributed by atoms with Crippen molar-refractivity contribution in [1.29, 1.82) is 0 Å². The summed E-state index contributed by atoms with van der Waals surface area (Å²) in [5.74, 6) is -0.772. The summed E-state index contributed by atoms with van der Waals surface area (Å²) in [6.07, 6.45) is 4.23. The lowest BCUT2D eigenvalue weighted by atomic mass is 10.1. The number of hydrogen-bond donors (Lipinski definition) is 3. The first kappa shape index (κ1) is 16.8. The Hall–Kier alpha value is -1.30. The third kappa shape index (κ3) is 5.00. The minimum absolute atomic E-state index is 0.0290. The molecular weight excluding hydrogens is 260 g/mol. The molecule has 0 spiro atoms. The normalized spacial score (nSPS) is 17.2. The Morgan fingerprint density at radius 2 is 1.90 bits per heavy atom. The van der Waals surface area contributed by atoms with Crippen LogP contribution in [0.5, 0.6) is 0 Å². The molecule has 20 heavy (non-hydrogen) atoms. The molecule has 0 heterocycles. The molecule has 0 aromatic heterocycles. The molecule has 1 unspecified atom stereocenters. The molecule has 0 aromatic rings. The number of carbonyl (C=O) groups is 2. The maximum Gasteiger partial charge on any atom is 0.326 e. The lowest BCUT2D eigenvalue weighted by molar-refractivity contribution is -0.139. The van der Waals surface area contributed by atoms with Gasteiger partial charge in [0.2, 0.25) is 0 Å². The molecule has 1 aliphatic rings. The highest BCUT2D eigenvalue weighted by molar-refractivity contribution is 5.82. The van der Waals surface area contributed by atoms with E-state index < -0.39 is 12.0 Å². The third-order valence-electron chi connectivity index (χ3n) is 3.60. The molecule has 116 valence electrons. The lowest BCUT2D eigenvalue weighted by Crippen LogP contribution is -2.52. The van der Waals surface area contributed by atoms with Gasteiger partial charge < -0.3 is 20.4 Å². The first-order chi connectivity index (χ1) is 9.45. The van der Waals surface area contributed by atoms with Gasteiger partial charge in [-0.05, 0) is 18.8 Å². The van der Waals surface area contributed by atoms with Gasteiger partial charge in [0, 0.05) is 25.6 Å². The molecule has 1 fully saturated rings. The van der Waals surface area contributed by atoms with E-state index in [0.29, 0.717) is 12.5 Å². The molecular formula is C14H26N2O4. The number of amides is 2. The first-order valence-corrected chi connectivity index (χ1v) is 7.36. The van der Waals surface area contributed by atoms with Gasteiger partial charge in [-0.3, -0.25) is 0 Å². The van der Waals surface area contributed by atoms with E-state index in [4.69, 9.17) is 10.2 Å². The van der Waals surface area contributed by atoms with Crippen LogP contribution in [0.3, 0.4) is 0 Å². The van der Waals surface area contributed by atoms with Crippen LogP contribution in [-0.2, 0) is 4.79 Å². The molecule has 1 aliphatic carbocycles. The van der Waals surface area contributed by atoms with Crippen molar-refractivity contribution in [1.82, 2.24) is 10.2 Å². The van der Waals surface area contributed by atoms with Crippen molar-refractivity contribution in [3.63, 3.8) is 0 Å². The van der Waals surface area contributed by atoms with Gasteiger partial charge in [-0.1, -0.05) is 26.7 Å². The third-order valence-corrected chi connectivity index (χ3v) is 3.60. The number of rotatable bonds is 7. The number of carboxylic acid groups (broad SMARTS) is 1. The van der Waals surface area contributed by atoms with Crippen LogP contribution in [-0.4, -0.2) is 52.3 Å². The monoisotopic (exact) mass is 286 g/mol. The fraction of sp³-hybridized carbons (Fsp3) is 0.857. The zero-order chi connectivity index (χ0) is 15.1. The van der Waals surface area contributed by atoms with E-state index in [1.54, 1.807) is 4.90 Å². The summed E-state index contributed by atoms with van der Waals surface area (Å²) >= 11 is 0.